The van der Waals surface area contributed by atoms with Gasteiger partial charge in [0.25, 0.3) is 9.84 Å². The molecule has 9 heteroatoms. The second kappa shape index (κ2) is 6.43. The number of halogens is 2. The minimum atomic E-state index is -3.94. The third-order valence-corrected chi connectivity index (χ3v) is 5.23. The van der Waals surface area contributed by atoms with Crippen molar-refractivity contribution in [3.63, 3.8) is 0 Å². The molecule has 0 amide bonds. The first kappa shape index (κ1) is 16.8. The maximum Gasteiger partial charge on any atom is 0.340 e. The molecule has 0 N–H and O–H groups in total. The summed E-state index contributed by atoms with van der Waals surface area (Å²) >= 11 is 11.9. The van der Waals surface area contributed by atoms with Crippen LogP contribution in [0.3, 0.4) is 0 Å². The summed E-state index contributed by atoms with van der Waals surface area (Å²) in [5.74, 6) is 0.525. The van der Waals surface area contributed by atoms with Gasteiger partial charge in [-0.2, -0.15) is 0 Å². The van der Waals surface area contributed by atoms with E-state index in [0.29, 0.717) is 16.3 Å². The van der Waals surface area contributed by atoms with E-state index in [0.717, 1.165) is 0 Å². The van der Waals surface area contributed by atoms with Gasteiger partial charge in [-0.1, -0.05) is 28.3 Å². The number of benzene rings is 2. The molecule has 0 radical (unpaired) electrons. The van der Waals surface area contributed by atoms with E-state index >= 15 is 0 Å². The Morgan fingerprint density at radius 2 is 1.75 bits per heavy atom. The summed E-state index contributed by atoms with van der Waals surface area (Å²) in [6.45, 7) is 0. The van der Waals surface area contributed by atoms with Crippen LogP contribution in [0.15, 0.2) is 57.0 Å². The molecule has 0 aliphatic heterocycles. The van der Waals surface area contributed by atoms with Crippen molar-refractivity contribution in [2.24, 2.45) is 0 Å². The Labute approximate surface area is 147 Å². The molecule has 0 fully saturated rings. The lowest BCUT2D eigenvalue weighted by Gasteiger charge is -2.02. The molecule has 0 bridgehead atoms. The van der Waals surface area contributed by atoms with E-state index in [9.17, 15) is 8.42 Å². The van der Waals surface area contributed by atoms with Gasteiger partial charge in [-0.25, -0.2) is 8.42 Å². The van der Waals surface area contributed by atoms with E-state index in [-0.39, 0.29) is 15.8 Å². The van der Waals surface area contributed by atoms with Gasteiger partial charge in [0.1, 0.15) is 5.75 Å². The summed E-state index contributed by atoms with van der Waals surface area (Å²) in [7, 11) is -2.45. The number of hydrogen-bond acceptors (Lipinski definition) is 6. The quantitative estimate of drug-likeness (QED) is 0.678. The minimum Gasteiger partial charge on any atom is -0.497 e. The van der Waals surface area contributed by atoms with Gasteiger partial charge in [0.2, 0.25) is 5.89 Å². The molecule has 0 spiro atoms. The van der Waals surface area contributed by atoms with E-state index in [1.54, 1.807) is 12.1 Å². The number of sulfone groups is 1. The van der Waals surface area contributed by atoms with Crippen LogP contribution < -0.4 is 4.74 Å². The molecule has 2 aromatic carbocycles. The fourth-order valence-electron chi connectivity index (χ4n) is 1.95. The van der Waals surface area contributed by atoms with Gasteiger partial charge in [0.05, 0.1) is 22.6 Å². The Balaban J connectivity index is 1.99. The molecule has 1 heterocycles. The van der Waals surface area contributed by atoms with Crippen LogP contribution in [-0.4, -0.2) is 25.7 Å². The molecule has 0 aliphatic carbocycles. The van der Waals surface area contributed by atoms with Crippen molar-refractivity contribution in [3.05, 3.63) is 52.5 Å². The molecule has 0 atom stereocenters. The SMILES string of the molecule is COc1ccc(S(=O)(=O)c2nnc(-c3ccc(Cl)cc3Cl)o2)cc1. The summed E-state index contributed by atoms with van der Waals surface area (Å²) in [4.78, 5) is 0.0145. The second-order valence-corrected chi connectivity index (χ2v) is 7.35. The third kappa shape index (κ3) is 3.10. The Kier molecular flexibility index (Phi) is 4.49. The Bertz CT molecular complexity index is 985. The van der Waals surface area contributed by atoms with E-state index in [2.05, 4.69) is 10.2 Å². The van der Waals surface area contributed by atoms with E-state index < -0.39 is 15.1 Å². The van der Waals surface area contributed by atoms with Gasteiger partial charge in [-0.3, -0.25) is 0 Å². The largest absolute Gasteiger partial charge is 0.497 e. The van der Waals surface area contributed by atoms with Crippen LogP contribution in [0.1, 0.15) is 0 Å². The molecule has 0 aliphatic rings. The predicted molar refractivity (Wildman–Crippen MR) is 88.2 cm³/mol. The zero-order chi connectivity index (χ0) is 17.3. The fraction of sp³-hybridized carbons (Fsp3) is 0.0667. The standard InChI is InChI=1S/C15H10Cl2N2O4S/c1-22-10-3-5-11(6-4-10)24(20,21)15-19-18-14(23-15)12-7-2-9(16)8-13(12)17/h2-8H,1H3. The lowest BCUT2D eigenvalue weighted by Crippen LogP contribution is -2.02. The van der Waals surface area contributed by atoms with E-state index in [1.807, 2.05) is 0 Å². The average Bonchev–Trinajstić information content (AvgIpc) is 3.05. The number of nitrogens with zero attached hydrogens (tertiary/aromatic N) is 2. The third-order valence-electron chi connectivity index (χ3n) is 3.17. The lowest BCUT2D eigenvalue weighted by molar-refractivity contribution is 0.414. The molecule has 3 rings (SSSR count). The molecule has 0 saturated carbocycles. The lowest BCUT2D eigenvalue weighted by atomic mass is 10.2. The molecule has 3 aromatic rings. The molecule has 1 aromatic heterocycles. The molecule has 24 heavy (non-hydrogen) atoms. The topological polar surface area (TPSA) is 82.3 Å². The van der Waals surface area contributed by atoms with Crippen molar-refractivity contribution < 1.29 is 17.6 Å². The average molecular weight is 385 g/mol. The first-order valence-corrected chi connectivity index (χ1v) is 8.84. The Morgan fingerprint density at radius 1 is 1.04 bits per heavy atom. The van der Waals surface area contributed by atoms with Crippen LogP contribution in [0.5, 0.6) is 5.75 Å². The zero-order valence-corrected chi connectivity index (χ0v) is 14.6. The fourth-order valence-corrected chi connectivity index (χ4v) is 3.47. The highest BCUT2D eigenvalue weighted by atomic mass is 35.5. The number of ether oxygens (including phenoxy) is 1. The van der Waals surface area contributed by atoms with Crippen molar-refractivity contribution in [2.45, 2.75) is 10.1 Å². The summed E-state index contributed by atoms with van der Waals surface area (Å²) in [5.41, 5.74) is 0.393. The number of hydrogen-bond donors (Lipinski definition) is 0. The van der Waals surface area contributed by atoms with Crippen molar-refractivity contribution >= 4 is 33.0 Å². The van der Waals surface area contributed by atoms with Gasteiger partial charge < -0.3 is 9.15 Å². The normalized spacial score (nSPS) is 11.5. The highest BCUT2D eigenvalue weighted by molar-refractivity contribution is 7.91. The Hall–Kier alpha value is -2.09. The molecule has 124 valence electrons. The molecular weight excluding hydrogens is 375 g/mol. The van der Waals surface area contributed by atoms with E-state index in [4.69, 9.17) is 32.4 Å². The van der Waals surface area contributed by atoms with Gasteiger partial charge >= 0.3 is 5.22 Å². The van der Waals surface area contributed by atoms with Crippen molar-refractivity contribution in [3.8, 4) is 17.2 Å². The van der Waals surface area contributed by atoms with Crippen LogP contribution in [0.25, 0.3) is 11.5 Å². The van der Waals surface area contributed by atoms with Gasteiger partial charge in [-0.15, -0.1) is 5.10 Å². The second-order valence-electron chi connectivity index (χ2n) is 4.68. The summed E-state index contributed by atoms with van der Waals surface area (Å²) < 4.78 is 35.3. The first-order valence-electron chi connectivity index (χ1n) is 6.60. The minimum absolute atomic E-state index is 0.0104. The molecular formula is C15H10Cl2N2O4S. The summed E-state index contributed by atoms with van der Waals surface area (Å²) in [5, 5.41) is 7.57. The molecule has 0 saturated heterocycles. The van der Waals surface area contributed by atoms with Gasteiger partial charge in [0, 0.05) is 5.02 Å². The number of methoxy groups -OCH3 is 1. The van der Waals surface area contributed by atoms with Crippen molar-refractivity contribution in [2.75, 3.05) is 7.11 Å². The maximum atomic E-state index is 12.5. The van der Waals surface area contributed by atoms with Crippen LogP contribution in [0.4, 0.5) is 0 Å². The summed E-state index contributed by atoms with van der Waals surface area (Å²) in [6.07, 6.45) is 0. The Morgan fingerprint density at radius 3 is 2.38 bits per heavy atom. The summed E-state index contributed by atoms with van der Waals surface area (Å²) in [6, 6.07) is 10.5. The van der Waals surface area contributed by atoms with Crippen LogP contribution in [-0.2, 0) is 9.84 Å². The molecule has 0 unspecified atom stereocenters. The zero-order valence-electron chi connectivity index (χ0n) is 12.2. The smallest absolute Gasteiger partial charge is 0.340 e. The van der Waals surface area contributed by atoms with Crippen molar-refractivity contribution in [1.29, 1.82) is 0 Å². The van der Waals surface area contributed by atoms with Crippen LogP contribution in [0, 0.1) is 0 Å². The van der Waals surface area contributed by atoms with Gasteiger partial charge in [-0.05, 0) is 42.5 Å². The highest BCUT2D eigenvalue weighted by Gasteiger charge is 2.26. The number of rotatable bonds is 4. The van der Waals surface area contributed by atoms with Crippen LogP contribution in [0.2, 0.25) is 10.0 Å². The maximum absolute atomic E-state index is 12.5. The number of aromatic nitrogens is 2. The van der Waals surface area contributed by atoms with Crippen LogP contribution >= 0.6 is 23.2 Å². The predicted octanol–water partition coefficient (Wildman–Crippen LogP) is 3.88. The monoisotopic (exact) mass is 384 g/mol. The highest BCUT2D eigenvalue weighted by Crippen LogP contribution is 2.31. The van der Waals surface area contributed by atoms with Gasteiger partial charge in [0.15, 0.2) is 0 Å². The van der Waals surface area contributed by atoms with Crippen molar-refractivity contribution in [1.82, 2.24) is 10.2 Å². The van der Waals surface area contributed by atoms with E-state index in [1.165, 1.54) is 37.4 Å². The first-order chi connectivity index (χ1) is 11.4. The molecule has 6 nitrogen and oxygen atoms in total.